The van der Waals surface area contributed by atoms with Crippen molar-refractivity contribution < 1.29 is 4.39 Å². The molecule has 0 radical (unpaired) electrons. The van der Waals surface area contributed by atoms with Crippen LogP contribution in [0.4, 0.5) is 4.39 Å². The van der Waals surface area contributed by atoms with Crippen molar-refractivity contribution in [1.82, 2.24) is 9.13 Å². The Balaban J connectivity index is 1.22. The lowest BCUT2D eigenvalue weighted by molar-refractivity contribution is 0.628. The molecule has 0 aliphatic rings. The number of benzene rings is 10. The summed E-state index contributed by atoms with van der Waals surface area (Å²) in [6.45, 7) is 0. The Labute approximate surface area is 375 Å². The van der Waals surface area contributed by atoms with Gasteiger partial charge in [0, 0.05) is 27.1 Å². The lowest BCUT2D eigenvalue weighted by Gasteiger charge is -2.21. The van der Waals surface area contributed by atoms with Crippen LogP contribution in [0, 0.1) is 17.1 Å². The van der Waals surface area contributed by atoms with E-state index in [9.17, 15) is 5.26 Å². The third kappa shape index (κ3) is 6.49. The molecule has 0 amide bonds. The molecule has 0 saturated carbocycles. The highest BCUT2D eigenvalue weighted by atomic mass is 19.1. The van der Waals surface area contributed by atoms with Crippen molar-refractivity contribution in [3.63, 3.8) is 0 Å². The fraction of sp³-hybridized carbons (Fsp3) is 0. The summed E-state index contributed by atoms with van der Waals surface area (Å²) in [4.78, 5) is 0. The molecule has 12 aromatic rings. The summed E-state index contributed by atoms with van der Waals surface area (Å²) in [7, 11) is 0. The van der Waals surface area contributed by atoms with Crippen LogP contribution in [-0.2, 0) is 0 Å². The Morgan fingerprint density at radius 2 is 0.662 bits per heavy atom. The molecule has 0 bridgehead atoms. The van der Waals surface area contributed by atoms with Gasteiger partial charge in [-0.2, -0.15) is 5.26 Å². The van der Waals surface area contributed by atoms with Gasteiger partial charge in [-0.1, -0.05) is 170 Å². The van der Waals surface area contributed by atoms with E-state index in [0.29, 0.717) is 5.56 Å². The molecule has 0 saturated heterocycles. The number of aromatic nitrogens is 2. The van der Waals surface area contributed by atoms with Gasteiger partial charge in [0.2, 0.25) is 0 Å². The van der Waals surface area contributed by atoms with E-state index in [0.717, 1.165) is 111 Å². The number of hydrogen-bond acceptors (Lipinski definition) is 1. The van der Waals surface area contributed by atoms with E-state index < -0.39 is 0 Å². The van der Waals surface area contributed by atoms with E-state index in [-0.39, 0.29) is 5.82 Å². The van der Waals surface area contributed by atoms with Crippen molar-refractivity contribution in [2.75, 3.05) is 0 Å². The van der Waals surface area contributed by atoms with Crippen LogP contribution >= 0.6 is 0 Å². The Morgan fingerprint density at radius 3 is 1.05 bits per heavy atom. The zero-order chi connectivity index (χ0) is 43.4. The van der Waals surface area contributed by atoms with Gasteiger partial charge in [-0.3, -0.25) is 0 Å². The molecule has 2 aromatic heterocycles. The summed E-state index contributed by atoms with van der Waals surface area (Å²) in [5.41, 5.74) is 16.7. The van der Waals surface area contributed by atoms with Crippen LogP contribution < -0.4 is 0 Å². The molecule has 304 valence electrons. The molecule has 0 unspecified atom stereocenters. The highest BCUT2D eigenvalue weighted by Gasteiger charge is 2.24. The van der Waals surface area contributed by atoms with Crippen molar-refractivity contribution >= 4 is 43.6 Å². The highest BCUT2D eigenvalue weighted by molar-refractivity contribution is 6.14. The monoisotopic (exact) mass is 831 g/mol. The SMILES string of the molecule is N#Cc1cc(-n2c3ccc(-c4ccccc4)cc3c3ccc(-c4ccccc4)cc32)c(-c2ccc(F)cc2)c(-n2c3ccc(-c4ccccc4)cc3c3ccc(-c4ccccc4)cc32)c1. The first-order chi connectivity index (χ1) is 32.1. The largest absolute Gasteiger partial charge is 0.308 e. The second kappa shape index (κ2) is 15.5. The molecule has 0 aliphatic carbocycles. The molecule has 0 fully saturated rings. The second-order valence-electron chi connectivity index (χ2n) is 16.6. The third-order valence-corrected chi connectivity index (χ3v) is 12.8. The van der Waals surface area contributed by atoms with Crippen LogP contribution in [0.3, 0.4) is 0 Å². The van der Waals surface area contributed by atoms with Gasteiger partial charge in [0.15, 0.2) is 0 Å². The zero-order valence-corrected chi connectivity index (χ0v) is 35.2. The Morgan fingerprint density at radius 1 is 0.308 bits per heavy atom. The van der Waals surface area contributed by atoms with Crippen molar-refractivity contribution in [1.29, 1.82) is 5.26 Å². The van der Waals surface area contributed by atoms with Crippen molar-refractivity contribution in [2.45, 2.75) is 0 Å². The molecule has 10 aromatic carbocycles. The number of halogens is 1. The Bertz CT molecular complexity index is 3580. The van der Waals surface area contributed by atoms with E-state index in [2.05, 4.69) is 185 Å². The van der Waals surface area contributed by atoms with Crippen molar-refractivity contribution in [3.05, 3.63) is 242 Å². The third-order valence-electron chi connectivity index (χ3n) is 12.8. The maximum atomic E-state index is 15.0. The van der Waals surface area contributed by atoms with Gasteiger partial charge in [0.05, 0.1) is 45.1 Å². The number of fused-ring (bicyclic) bond motifs is 6. The van der Waals surface area contributed by atoms with E-state index in [1.807, 2.05) is 48.5 Å². The molecule has 12 rings (SSSR count). The smallest absolute Gasteiger partial charge is 0.123 e. The minimum absolute atomic E-state index is 0.318. The fourth-order valence-electron chi connectivity index (χ4n) is 9.74. The molecule has 0 atom stereocenters. The van der Waals surface area contributed by atoms with Gasteiger partial charge < -0.3 is 9.13 Å². The van der Waals surface area contributed by atoms with E-state index >= 15 is 4.39 Å². The first-order valence-electron chi connectivity index (χ1n) is 21.8. The summed E-state index contributed by atoms with van der Waals surface area (Å²) in [5.74, 6) is -0.318. The first-order valence-corrected chi connectivity index (χ1v) is 21.8. The summed E-state index contributed by atoms with van der Waals surface area (Å²) >= 11 is 0. The van der Waals surface area contributed by atoms with Gasteiger partial charge in [-0.25, -0.2) is 4.39 Å². The van der Waals surface area contributed by atoms with Crippen LogP contribution in [0.5, 0.6) is 0 Å². The van der Waals surface area contributed by atoms with Gasteiger partial charge in [0.25, 0.3) is 0 Å². The minimum atomic E-state index is -0.318. The highest BCUT2D eigenvalue weighted by Crippen LogP contribution is 2.45. The Hall–Kier alpha value is -8.78. The summed E-state index contributed by atoms with van der Waals surface area (Å²) in [5, 5.41) is 15.4. The molecular weight excluding hydrogens is 794 g/mol. The fourth-order valence-corrected chi connectivity index (χ4v) is 9.74. The van der Waals surface area contributed by atoms with E-state index in [4.69, 9.17) is 0 Å². The van der Waals surface area contributed by atoms with Crippen LogP contribution in [0.1, 0.15) is 5.56 Å². The lowest BCUT2D eigenvalue weighted by Crippen LogP contribution is -2.05. The van der Waals surface area contributed by atoms with Crippen molar-refractivity contribution in [3.8, 4) is 73.1 Å². The average Bonchev–Trinajstić information content (AvgIpc) is 3.88. The van der Waals surface area contributed by atoms with Gasteiger partial charge >= 0.3 is 0 Å². The summed E-state index contributed by atoms with van der Waals surface area (Å²) in [6, 6.07) is 81.8. The predicted molar refractivity (Wildman–Crippen MR) is 267 cm³/mol. The van der Waals surface area contributed by atoms with Gasteiger partial charge in [-0.15, -0.1) is 0 Å². The number of nitrogens with zero attached hydrogens (tertiary/aromatic N) is 3. The van der Waals surface area contributed by atoms with Crippen LogP contribution in [0.15, 0.2) is 231 Å². The van der Waals surface area contributed by atoms with Crippen LogP contribution in [0.2, 0.25) is 0 Å². The molecule has 2 heterocycles. The molecule has 65 heavy (non-hydrogen) atoms. The zero-order valence-electron chi connectivity index (χ0n) is 35.2. The number of rotatable bonds is 7. The number of hydrogen-bond donors (Lipinski definition) is 0. The van der Waals surface area contributed by atoms with Gasteiger partial charge in [0.1, 0.15) is 5.82 Å². The maximum absolute atomic E-state index is 15.0. The van der Waals surface area contributed by atoms with E-state index in [1.165, 1.54) is 12.1 Å². The quantitative estimate of drug-likeness (QED) is 0.157. The normalized spacial score (nSPS) is 11.4. The number of nitriles is 1. The van der Waals surface area contributed by atoms with Gasteiger partial charge in [-0.05, 0) is 111 Å². The molecular formula is C61H38FN3. The maximum Gasteiger partial charge on any atom is 0.123 e. The predicted octanol–water partition coefficient (Wildman–Crippen LogP) is 16.2. The van der Waals surface area contributed by atoms with Crippen molar-refractivity contribution in [2.24, 2.45) is 0 Å². The second-order valence-corrected chi connectivity index (χ2v) is 16.6. The lowest BCUT2D eigenvalue weighted by atomic mass is 9.97. The molecule has 0 N–H and O–H groups in total. The standard InChI is InChI=1S/C61H38FN3/c62-50-27-21-45(22-28-50)61-59(64-55-31-25-46(41-13-5-1-6-14-41)35-53(55)51-29-23-48(37-57(51)64)43-17-9-3-10-18-43)33-40(39-63)34-60(61)65-56-32-26-47(42-15-7-2-8-16-42)36-54(56)52-30-24-49(38-58(52)65)44-19-11-4-12-20-44/h1-38H. The average molecular weight is 832 g/mol. The topological polar surface area (TPSA) is 33.6 Å². The molecule has 0 spiro atoms. The molecule has 3 nitrogen and oxygen atoms in total. The molecule has 0 aliphatic heterocycles. The minimum Gasteiger partial charge on any atom is -0.308 e. The van der Waals surface area contributed by atoms with Crippen LogP contribution in [-0.4, -0.2) is 9.13 Å². The summed E-state index contributed by atoms with van der Waals surface area (Å²) < 4.78 is 19.6. The van der Waals surface area contributed by atoms with E-state index in [1.54, 1.807) is 0 Å². The van der Waals surface area contributed by atoms with Crippen LogP contribution in [0.25, 0.3) is 111 Å². The molecule has 4 heteroatoms. The summed E-state index contributed by atoms with van der Waals surface area (Å²) in [6.07, 6.45) is 0. The Kier molecular flexibility index (Phi) is 9.07. The first kappa shape index (κ1) is 37.9.